The fourth-order valence-corrected chi connectivity index (χ4v) is 4.42. The van der Waals surface area contributed by atoms with Crippen LogP contribution in [-0.2, 0) is 22.6 Å². The Bertz CT molecular complexity index is 1150. The molecule has 3 atom stereocenters. The Morgan fingerprint density at radius 2 is 1.85 bits per heavy atom. The molecule has 3 aromatic rings. The molecule has 2 aromatic heterocycles. The highest BCUT2D eigenvalue weighted by atomic mass is 16.5. The summed E-state index contributed by atoms with van der Waals surface area (Å²) in [5.74, 6) is 0.521. The third-order valence-corrected chi connectivity index (χ3v) is 6.11. The Labute approximate surface area is 193 Å². The van der Waals surface area contributed by atoms with Crippen molar-refractivity contribution in [2.45, 2.75) is 31.7 Å². The molecule has 4 heterocycles. The summed E-state index contributed by atoms with van der Waals surface area (Å²) in [7, 11) is 3.82. The standard InChI is InChI=1S/C26H27N5O2/c1-30(2)26-28-15-21(22-10-6-7-13-27-22)23(29-26)17-31(16-18-8-4-3-5-9-18)25(32)20-14-19-11-12-24(20)33-19/h3-13,15,19-20,24H,14,16-17H2,1-2H3. The lowest BCUT2D eigenvalue weighted by Gasteiger charge is -2.28. The zero-order chi connectivity index (χ0) is 22.8. The van der Waals surface area contributed by atoms with Gasteiger partial charge in [-0.3, -0.25) is 9.78 Å². The smallest absolute Gasteiger partial charge is 0.229 e. The SMILES string of the molecule is CN(C)c1ncc(-c2ccccn2)c(CN(Cc2ccccc2)C(=O)C2CC3C=CC2O3)n1. The molecule has 168 valence electrons. The second-order valence-corrected chi connectivity index (χ2v) is 8.69. The van der Waals surface area contributed by atoms with Gasteiger partial charge in [-0.15, -0.1) is 0 Å². The van der Waals surface area contributed by atoms with Gasteiger partial charge in [0.1, 0.15) is 0 Å². The van der Waals surface area contributed by atoms with E-state index in [2.05, 4.69) is 16.0 Å². The molecule has 3 unspecified atom stereocenters. The molecule has 0 aliphatic carbocycles. The van der Waals surface area contributed by atoms with Crippen LogP contribution in [0.3, 0.4) is 0 Å². The molecule has 1 aromatic carbocycles. The van der Waals surface area contributed by atoms with Gasteiger partial charge in [-0.1, -0.05) is 48.6 Å². The maximum absolute atomic E-state index is 13.8. The van der Waals surface area contributed by atoms with Gasteiger partial charge in [0.25, 0.3) is 0 Å². The minimum Gasteiger partial charge on any atom is -0.366 e. The quantitative estimate of drug-likeness (QED) is 0.523. The zero-order valence-electron chi connectivity index (χ0n) is 18.8. The highest BCUT2D eigenvalue weighted by Crippen LogP contribution is 2.35. The number of carbonyl (C=O) groups is 1. The van der Waals surface area contributed by atoms with Crippen LogP contribution >= 0.6 is 0 Å². The van der Waals surface area contributed by atoms with E-state index in [0.29, 0.717) is 19.0 Å². The van der Waals surface area contributed by atoms with E-state index < -0.39 is 0 Å². The molecule has 2 aliphatic heterocycles. The van der Waals surface area contributed by atoms with Gasteiger partial charge in [0, 0.05) is 38.6 Å². The Hall–Kier alpha value is -3.58. The first-order valence-corrected chi connectivity index (χ1v) is 11.2. The lowest BCUT2D eigenvalue weighted by atomic mass is 9.92. The number of hydrogen-bond donors (Lipinski definition) is 0. The normalized spacial score (nSPS) is 20.7. The predicted octanol–water partition coefficient (Wildman–Crippen LogP) is 3.48. The van der Waals surface area contributed by atoms with Crippen LogP contribution in [0, 0.1) is 5.92 Å². The number of nitrogens with zero attached hydrogens (tertiary/aromatic N) is 5. The molecule has 5 rings (SSSR count). The molecule has 2 bridgehead atoms. The summed E-state index contributed by atoms with van der Waals surface area (Å²) in [4.78, 5) is 31.3. The van der Waals surface area contributed by atoms with E-state index >= 15 is 0 Å². The number of aromatic nitrogens is 3. The van der Waals surface area contributed by atoms with E-state index in [4.69, 9.17) is 9.72 Å². The average Bonchev–Trinajstić information content (AvgIpc) is 3.48. The van der Waals surface area contributed by atoms with Gasteiger partial charge in [0.05, 0.1) is 36.1 Å². The van der Waals surface area contributed by atoms with Crippen LogP contribution < -0.4 is 4.90 Å². The van der Waals surface area contributed by atoms with Crippen LogP contribution in [0.1, 0.15) is 17.7 Å². The number of rotatable bonds is 7. The molecule has 1 amide bonds. The van der Waals surface area contributed by atoms with E-state index in [1.165, 1.54) is 0 Å². The minimum atomic E-state index is -0.169. The predicted molar refractivity (Wildman–Crippen MR) is 126 cm³/mol. The molecular weight excluding hydrogens is 414 g/mol. The highest BCUT2D eigenvalue weighted by Gasteiger charge is 2.42. The first kappa shape index (κ1) is 21.3. The van der Waals surface area contributed by atoms with Crippen molar-refractivity contribution in [2.75, 3.05) is 19.0 Å². The van der Waals surface area contributed by atoms with E-state index in [1.807, 2.05) is 78.5 Å². The molecule has 1 saturated heterocycles. The van der Waals surface area contributed by atoms with Crippen molar-refractivity contribution >= 4 is 11.9 Å². The molecule has 7 heteroatoms. The average molecular weight is 442 g/mol. The van der Waals surface area contributed by atoms with Crippen LogP contribution in [0.25, 0.3) is 11.3 Å². The molecule has 0 spiro atoms. The Morgan fingerprint density at radius 3 is 2.52 bits per heavy atom. The second kappa shape index (κ2) is 9.11. The molecule has 33 heavy (non-hydrogen) atoms. The summed E-state index contributed by atoms with van der Waals surface area (Å²) in [6.45, 7) is 0.862. The van der Waals surface area contributed by atoms with Crippen molar-refractivity contribution in [3.05, 3.63) is 84.3 Å². The van der Waals surface area contributed by atoms with E-state index in [9.17, 15) is 4.79 Å². The number of carbonyl (C=O) groups excluding carboxylic acids is 1. The number of anilines is 1. The Morgan fingerprint density at radius 1 is 1.03 bits per heavy atom. The molecule has 1 fully saturated rings. The number of fused-ring (bicyclic) bond motifs is 2. The van der Waals surface area contributed by atoms with Crippen LogP contribution in [0.4, 0.5) is 5.95 Å². The van der Waals surface area contributed by atoms with E-state index in [0.717, 1.165) is 28.9 Å². The van der Waals surface area contributed by atoms with Crippen LogP contribution in [0.5, 0.6) is 0 Å². The first-order valence-electron chi connectivity index (χ1n) is 11.2. The molecule has 2 aliphatic rings. The van der Waals surface area contributed by atoms with Crippen molar-refractivity contribution in [3.63, 3.8) is 0 Å². The van der Waals surface area contributed by atoms with Gasteiger partial charge in [0.15, 0.2) is 0 Å². The van der Waals surface area contributed by atoms with Crippen molar-refractivity contribution in [2.24, 2.45) is 5.92 Å². The molecular formula is C26H27N5O2. The third-order valence-electron chi connectivity index (χ3n) is 6.11. The van der Waals surface area contributed by atoms with E-state index in [1.54, 1.807) is 12.4 Å². The van der Waals surface area contributed by atoms with Crippen molar-refractivity contribution in [1.29, 1.82) is 0 Å². The second-order valence-electron chi connectivity index (χ2n) is 8.69. The van der Waals surface area contributed by atoms with Gasteiger partial charge < -0.3 is 14.5 Å². The summed E-state index contributed by atoms with van der Waals surface area (Å²) < 4.78 is 5.90. The minimum absolute atomic E-state index is 0.0472. The molecule has 7 nitrogen and oxygen atoms in total. The Kier molecular flexibility index (Phi) is 5.88. The molecule has 0 N–H and O–H groups in total. The van der Waals surface area contributed by atoms with Gasteiger partial charge >= 0.3 is 0 Å². The van der Waals surface area contributed by atoms with Crippen LogP contribution in [0.2, 0.25) is 0 Å². The van der Waals surface area contributed by atoms with Gasteiger partial charge in [-0.05, 0) is 24.1 Å². The molecule has 0 radical (unpaired) electrons. The number of benzene rings is 1. The van der Waals surface area contributed by atoms with Crippen molar-refractivity contribution < 1.29 is 9.53 Å². The topological polar surface area (TPSA) is 71.5 Å². The zero-order valence-corrected chi connectivity index (χ0v) is 18.8. The van der Waals surface area contributed by atoms with Crippen molar-refractivity contribution in [1.82, 2.24) is 19.9 Å². The summed E-state index contributed by atoms with van der Waals surface area (Å²) in [5.41, 5.74) is 3.47. The van der Waals surface area contributed by atoms with Crippen molar-refractivity contribution in [3.8, 4) is 11.3 Å². The molecule has 0 saturated carbocycles. The van der Waals surface area contributed by atoms with E-state index in [-0.39, 0.29) is 24.0 Å². The third kappa shape index (κ3) is 4.50. The monoisotopic (exact) mass is 441 g/mol. The van der Waals surface area contributed by atoms with Gasteiger partial charge in [-0.2, -0.15) is 0 Å². The Balaban J connectivity index is 1.51. The van der Waals surface area contributed by atoms with Crippen LogP contribution in [-0.4, -0.2) is 52.1 Å². The first-order chi connectivity index (χ1) is 16.1. The number of amides is 1. The summed E-state index contributed by atoms with van der Waals surface area (Å²) in [6, 6.07) is 15.8. The van der Waals surface area contributed by atoms with Gasteiger partial charge in [0.2, 0.25) is 11.9 Å². The summed E-state index contributed by atoms with van der Waals surface area (Å²) in [6.07, 6.45) is 8.27. The summed E-state index contributed by atoms with van der Waals surface area (Å²) >= 11 is 0. The summed E-state index contributed by atoms with van der Waals surface area (Å²) in [5, 5.41) is 0. The number of ether oxygens (including phenoxy) is 1. The maximum atomic E-state index is 13.8. The lowest BCUT2D eigenvalue weighted by Crippen LogP contribution is -2.39. The number of hydrogen-bond acceptors (Lipinski definition) is 6. The largest absolute Gasteiger partial charge is 0.366 e. The highest BCUT2D eigenvalue weighted by molar-refractivity contribution is 5.81. The van der Waals surface area contributed by atoms with Crippen LogP contribution in [0.15, 0.2) is 73.1 Å². The van der Waals surface area contributed by atoms with Gasteiger partial charge in [-0.25, -0.2) is 9.97 Å². The number of pyridine rings is 1. The lowest BCUT2D eigenvalue weighted by molar-refractivity contribution is -0.137. The fourth-order valence-electron chi connectivity index (χ4n) is 4.42. The maximum Gasteiger partial charge on any atom is 0.229 e. The fraction of sp³-hybridized carbons (Fsp3) is 0.308.